The van der Waals surface area contributed by atoms with E-state index in [-0.39, 0.29) is 41.8 Å². The maximum absolute atomic E-state index is 12.9. The van der Waals surface area contributed by atoms with E-state index < -0.39 is 23.5 Å². The summed E-state index contributed by atoms with van der Waals surface area (Å²) >= 11 is 0. The minimum Gasteiger partial charge on any atom is -0.462 e. The van der Waals surface area contributed by atoms with Gasteiger partial charge >= 0.3 is 11.9 Å². The Hall–Kier alpha value is -3.16. The van der Waals surface area contributed by atoms with Gasteiger partial charge in [-0.05, 0) is 67.7 Å². The molecule has 210 valence electrons. The minimum atomic E-state index is -0.585. The fourth-order valence-corrected chi connectivity index (χ4v) is 6.81. The van der Waals surface area contributed by atoms with E-state index in [1.54, 1.807) is 19.1 Å². The molecule has 5 atom stereocenters. The summed E-state index contributed by atoms with van der Waals surface area (Å²) in [4.78, 5) is 27.8. The Morgan fingerprint density at radius 3 is 2.54 bits per heavy atom. The van der Waals surface area contributed by atoms with Crippen molar-refractivity contribution in [3.63, 3.8) is 0 Å². The molecule has 7 nitrogen and oxygen atoms in total. The van der Waals surface area contributed by atoms with Gasteiger partial charge in [-0.3, -0.25) is 0 Å². The van der Waals surface area contributed by atoms with Gasteiger partial charge in [-0.25, -0.2) is 9.59 Å². The number of fused-ring (bicyclic) bond motifs is 1. The summed E-state index contributed by atoms with van der Waals surface area (Å²) in [6.45, 7) is 10.4. The van der Waals surface area contributed by atoms with Crippen LogP contribution in [0, 0.1) is 22.7 Å². The number of carbonyl (C=O) groups excluding carboxylic acids is 2. The van der Waals surface area contributed by atoms with Crippen molar-refractivity contribution in [3.8, 4) is 0 Å². The van der Waals surface area contributed by atoms with Gasteiger partial charge in [-0.15, -0.1) is 0 Å². The molecule has 1 aliphatic heterocycles. The molecule has 39 heavy (non-hydrogen) atoms. The summed E-state index contributed by atoms with van der Waals surface area (Å²) in [5, 5.41) is 21.0. The van der Waals surface area contributed by atoms with Crippen molar-refractivity contribution < 1.29 is 29.3 Å². The molecule has 0 radical (unpaired) electrons. The first kappa shape index (κ1) is 28.8. The lowest BCUT2D eigenvalue weighted by atomic mass is 9.46. The third-order valence-electron chi connectivity index (χ3n) is 9.15. The Bertz CT molecular complexity index is 1230. The molecule has 1 heterocycles. The number of cyclic esters (lactones) is 1. The van der Waals surface area contributed by atoms with Gasteiger partial charge < -0.3 is 24.6 Å². The molecule has 0 spiro atoms. The number of benzene rings is 1. The Morgan fingerprint density at radius 2 is 1.92 bits per heavy atom. The van der Waals surface area contributed by atoms with Crippen LogP contribution >= 0.6 is 0 Å². The van der Waals surface area contributed by atoms with E-state index in [4.69, 9.17) is 9.47 Å². The number of carbonyl (C=O) groups is 2. The van der Waals surface area contributed by atoms with E-state index in [1.807, 2.05) is 56.3 Å². The van der Waals surface area contributed by atoms with Crippen LogP contribution in [0.4, 0.5) is 5.69 Å². The molecule has 0 aromatic heterocycles. The lowest BCUT2D eigenvalue weighted by Crippen LogP contribution is -2.57. The van der Waals surface area contributed by atoms with Gasteiger partial charge in [0.15, 0.2) is 0 Å². The molecule has 2 fully saturated rings. The molecule has 1 aromatic rings. The second kappa shape index (κ2) is 11.1. The highest BCUT2D eigenvalue weighted by atomic mass is 16.6. The van der Waals surface area contributed by atoms with E-state index in [1.165, 1.54) is 0 Å². The van der Waals surface area contributed by atoms with E-state index in [2.05, 4.69) is 13.5 Å². The molecule has 0 amide bonds. The number of esters is 2. The lowest BCUT2D eigenvalue weighted by molar-refractivity contribution is -0.145. The summed E-state index contributed by atoms with van der Waals surface area (Å²) in [7, 11) is 3.87. The fraction of sp³-hybridized carbons (Fsp3) is 0.500. The second-order valence-corrected chi connectivity index (χ2v) is 11.7. The largest absolute Gasteiger partial charge is 0.462 e. The Kier molecular flexibility index (Phi) is 8.24. The molecule has 2 N–H and O–H groups in total. The molecule has 7 heteroatoms. The number of hydrogen-bond acceptors (Lipinski definition) is 7. The summed E-state index contributed by atoms with van der Waals surface area (Å²) in [5.41, 5.74) is 2.40. The molecule has 4 rings (SSSR count). The zero-order valence-corrected chi connectivity index (χ0v) is 23.7. The van der Waals surface area contributed by atoms with Gasteiger partial charge in [0.05, 0.1) is 24.9 Å². The minimum absolute atomic E-state index is 0.0283. The first-order chi connectivity index (χ1) is 18.5. The van der Waals surface area contributed by atoms with E-state index in [9.17, 15) is 19.8 Å². The molecule has 1 aromatic carbocycles. The number of anilines is 1. The maximum Gasteiger partial charge on any atom is 0.343 e. The van der Waals surface area contributed by atoms with Crippen molar-refractivity contribution in [1.29, 1.82) is 0 Å². The molecule has 3 aliphatic rings. The number of aliphatic hydroxyl groups is 2. The van der Waals surface area contributed by atoms with E-state index in [0.29, 0.717) is 17.6 Å². The van der Waals surface area contributed by atoms with Gasteiger partial charge in [0.2, 0.25) is 0 Å². The SMILES string of the molecule is C=C1CCC2[C@](C)(CC[C@@H](O)[C@@]2(C)CO)C1/C=C/C1=CC(=C(/C(=O)OCC)c2ccc(N(C)C)cc2)/OC1=O. The lowest BCUT2D eigenvalue weighted by Gasteiger charge is -2.59. The molecular formula is C32H41NO6. The first-order valence-electron chi connectivity index (χ1n) is 13.7. The van der Waals surface area contributed by atoms with Crippen LogP contribution in [-0.4, -0.2) is 55.6 Å². The molecule has 2 saturated carbocycles. The van der Waals surface area contributed by atoms with Crippen molar-refractivity contribution in [2.75, 3.05) is 32.2 Å². The van der Waals surface area contributed by atoms with Crippen molar-refractivity contribution in [2.45, 2.75) is 52.6 Å². The Labute approximate surface area is 231 Å². The predicted octanol–water partition coefficient (Wildman–Crippen LogP) is 4.81. The number of nitrogens with zero attached hydrogens (tertiary/aromatic N) is 1. The van der Waals surface area contributed by atoms with Crippen molar-refractivity contribution in [3.05, 3.63) is 71.5 Å². The van der Waals surface area contributed by atoms with Crippen LogP contribution in [0.2, 0.25) is 0 Å². The third kappa shape index (κ3) is 5.22. The van der Waals surface area contributed by atoms with Crippen LogP contribution in [-0.2, 0) is 19.1 Å². The topological polar surface area (TPSA) is 96.3 Å². The van der Waals surface area contributed by atoms with Crippen LogP contribution in [0.5, 0.6) is 0 Å². The number of aliphatic hydroxyl groups excluding tert-OH is 2. The normalized spacial score (nSPS) is 32.0. The molecule has 0 bridgehead atoms. The second-order valence-electron chi connectivity index (χ2n) is 11.7. The van der Waals surface area contributed by atoms with Gasteiger partial charge in [0.1, 0.15) is 11.3 Å². The average molecular weight is 536 g/mol. The van der Waals surface area contributed by atoms with Crippen molar-refractivity contribution in [1.82, 2.24) is 0 Å². The number of allylic oxidation sites excluding steroid dienone is 3. The number of ether oxygens (including phenoxy) is 2. The predicted molar refractivity (Wildman–Crippen MR) is 152 cm³/mol. The van der Waals surface area contributed by atoms with Crippen molar-refractivity contribution in [2.24, 2.45) is 22.7 Å². The van der Waals surface area contributed by atoms with Gasteiger partial charge in [0, 0.05) is 31.1 Å². The van der Waals surface area contributed by atoms with Crippen LogP contribution < -0.4 is 4.90 Å². The van der Waals surface area contributed by atoms with E-state index >= 15 is 0 Å². The highest BCUT2D eigenvalue weighted by molar-refractivity contribution is 6.19. The Balaban J connectivity index is 1.69. The maximum atomic E-state index is 12.9. The molecule has 0 saturated heterocycles. The molecular weight excluding hydrogens is 494 g/mol. The van der Waals surface area contributed by atoms with Gasteiger partial charge in [0.25, 0.3) is 0 Å². The fourth-order valence-electron chi connectivity index (χ4n) is 6.81. The highest BCUT2D eigenvalue weighted by Gasteiger charge is 2.57. The quantitative estimate of drug-likeness (QED) is 0.294. The van der Waals surface area contributed by atoms with Crippen LogP contribution in [0.1, 0.15) is 52.0 Å². The number of rotatable bonds is 7. The van der Waals surface area contributed by atoms with E-state index in [0.717, 1.165) is 30.5 Å². The highest BCUT2D eigenvalue weighted by Crippen LogP contribution is 2.61. The zero-order chi connectivity index (χ0) is 28.5. The van der Waals surface area contributed by atoms with Crippen LogP contribution in [0.25, 0.3) is 5.57 Å². The number of hydrogen-bond donors (Lipinski definition) is 2. The summed E-state index contributed by atoms with van der Waals surface area (Å²) in [6.07, 6.45) is 7.88. The smallest absolute Gasteiger partial charge is 0.343 e. The summed E-state index contributed by atoms with van der Waals surface area (Å²) in [6, 6.07) is 7.41. The monoisotopic (exact) mass is 535 g/mol. The Morgan fingerprint density at radius 1 is 1.23 bits per heavy atom. The summed E-state index contributed by atoms with van der Waals surface area (Å²) in [5.74, 6) is -0.843. The van der Waals surface area contributed by atoms with Gasteiger partial charge in [-0.2, -0.15) is 0 Å². The molecule has 2 unspecified atom stereocenters. The van der Waals surface area contributed by atoms with Gasteiger partial charge in [-0.1, -0.05) is 50.3 Å². The summed E-state index contributed by atoms with van der Waals surface area (Å²) < 4.78 is 10.9. The standard InChI is InChI=1S/C32H41NO6/c1-7-38-30(37)28(21-9-12-23(13-10-21)33(5)6)25-18-22(29(36)39-25)11-14-24-20(2)8-15-26-31(24,3)17-16-27(35)32(26,4)19-34/h9-14,18,24,26-27,34-35H,2,7-8,15-17,19H2,1,3-6H3/b14-11+,28-25-/t24?,26?,27-,31-,32+/m1/s1. The first-order valence-corrected chi connectivity index (χ1v) is 13.7. The van der Waals surface area contributed by atoms with Crippen molar-refractivity contribution >= 4 is 23.2 Å². The van der Waals surface area contributed by atoms with Crippen LogP contribution in [0.3, 0.4) is 0 Å². The zero-order valence-electron chi connectivity index (χ0n) is 23.7. The third-order valence-corrected chi connectivity index (χ3v) is 9.15. The van der Waals surface area contributed by atoms with Crippen LogP contribution in [0.15, 0.2) is 66.0 Å². The average Bonchev–Trinajstić information content (AvgIpc) is 3.26. The molecule has 2 aliphatic carbocycles.